The van der Waals surface area contributed by atoms with Gasteiger partial charge in [-0.25, -0.2) is 4.68 Å². The summed E-state index contributed by atoms with van der Waals surface area (Å²) in [6, 6.07) is 6.68. The number of nitrogens with zero attached hydrogens (tertiary/aromatic N) is 2. The molecule has 1 aromatic carbocycles. The van der Waals surface area contributed by atoms with E-state index < -0.39 is 0 Å². The van der Waals surface area contributed by atoms with Crippen LogP contribution in [0.3, 0.4) is 0 Å². The lowest BCUT2D eigenvalue weighted by Crippen LogP contribution is -2.29. The molecule has 5 nitrogen and oxygen atoms in total. The molecule has 0 radical (unpaired) electrons. The summed E-state index contributed by atoms with van der Waals surface area (Å²) in [5.41, 5.74) is 6.62. The number of thiocarbonyl (C=S) groups is 1. The summed E-state index contributed by atoms with van der Waals surface area (Å²) in [5, 5.41) is 4.72. The molecule has 104 valence electrons. The van der Waals surface area contributed by atoms with E-state index in [1.165, 1.54) is 11.7 Å². The quantitative estimate of drug-likeness (QED) is 0.875. The number of aromatic nitrogens is 2. The van der Waals surface area contributed by atoms with Crippen molar-refractivity contribution >= 4 is 28.8 Å². The van der Waals surface area contributed by atoms with Gasteiger partial charge in [0, 0.05) is 17.6 Å². The minimum atomic E-state index is -0.345. The van der Waals surface area contributed by atoms with Crippen LogP contribution in [-0.2, 0) is 7.05 Å². The largest absolute Gasteiger partial charge is 0.496 e. The second kappa shape index (κ2) is 5.60. The first-order valence-electron chi connectivity index (χ1n) is 5.66. The Morgan fingerprint density at radius 2 is 2.15 bits per heavy atom. The van der Waals surface area contributed by atoms with Crippen LogP contribution in [0.1, 0.15) is 5.56 Å². The summed E-state index contributed by atoms with van der Waals surface area (Å²) in [6.07, 6.45) is 0. The first-order valence-corrected chi connectivity index (χ1v) is 6.44. The molecule has 0 aliphatic heterocycles. The maximum atomic E-state index is 11.9. The lowest BCUT2D eigenvalue weighted by molar-refractivity contribution is 0.416. The number of methoxy groups -OCH3 is 1. The maximum Gasteiger partial charge on any atom is 0.276 e. The van der Waals surface area contributed by atoms with Gasteiger partial charge < -0.3 is 10.5 Å². The fraction of sp³-hybridized carbons (Fsp3) is 0.154. The van der Waals surface area contributed by atoms with Gasteiger partial charge in [-0.1, -0.05) is 23.8 Å². The van der Waals surface area contributed by atoms with Crippen LogP contribution < -0.4 is 16.0 Å². The number of nitrogens with two attached hydrogens (primary N) is 1. The van der Waals surface area contributed by atoms with Crippen LogP contribution >= 0.6 is 23.8 Å². The first kappa shape index (κ1) is 14.5. The van der Waals surface area contributed by atoms with Gasteiger partial charge in [-0.2, -0.15) is 5.10 Å². The van der Waals surface area contributed by atoms with Crippen molar-refractivity contribution in [2.75, 3.05) is 7.11 Å². The Morgan fingerprint density at radius 3 is 2.75 bits per heavy atom. The van der Waals surface area contributed by atoms with Gasteiger partial charge in [0.1, 0.15) is 10.7 Å². The molecular weight excluding hydrogens is 298 g/mol. The van der Waals surface area contributed by atoms with E-state index in [0.29, 0.717) is 22.0 Å². The summed E-state index contributed by atoms with van der Waals surface area (Å²) in [6.45, 7) is 0. The van der Waals surface area contributed by atoms with Crippen LogP contribution in [0.25, 0.3) is 11.3 Å². The number of ether oxygens (including phenoxy) is 1. The van der Waals surface area contributed by atoms with Crippen LogP contribution in [0.5, 0.6) is 5.75 Å². The minimum Gasteiger partial charge on any atom is -0.496 e. The SMILES string of the molecule is COc1ccc(Cl)cc1-c1cc(C(N)=S)c(=O)n(C)n1. The molecule has 7 heteroatoms. The third kappa shape index (κ3) is 2.66. The Balaban J connectivity index is 2.73. The smallest absolute Gasteiger partial charge is 0.276 e. The second-order valence-corrected chi connectivity index (χ2v) is 4.96. The number of hydrogen-bond acceptors (Lipinski definition) is 4. The van der Waals surface area contributed by atoms with Crippen molar-refractivity contribution in [1.29, 1.82) is 0 Å². The summed E-state index contributed by atoms with van der Waals surface area (Å²) in [4.78, 5) is 11.9. The van der Waals surface area contributed by atoms with Gasteiger partial charge in [0.2, 0.25) is 0 Å². The zero-order valence-corrected chi connectivity index (χ0v) is 12.5. The number of aryl methyl sites for hydroxylation is 1. The van der Waals surface area contributed by atoms with Crippen LogP contribution in [0.4, 0.5) is 0 Å². The van der Waals surface area contributed by atoms with Crippen LogP contribution in [0.15, 0.2) is 29.1 Å². The minimum absolute atomic E-state index is 0.0234. The monoisotopic (exact) mass is 309 g/mol. The van der Waals surface area contributed by atoms with Crippen molar-refractivity contribution in [2.24, 2.45) is 12.8 Å². The summed E-state index contributed by atoms with van der Waals surface area (Å²) >= 11 is 10.9. The molecule has 20 heavy (non-hydrogen) atoms. The molecule has 0 fully saturated rings. The molecule has 0 bridgehead atoms. The van der Waals surface area contributed by atoms with Crippen LogP contribution in [0.2, 0.25) is 5.02 Å². The molecule has 0 aliphatic rings. The number of benzene rings is 1. The fourth-order valence-corrected chi connectivity index (χ4v) is 2.12. The second-order valence-electron chi connectivity index (χ2n) is 4.08. The molecule has 1 aromatic heterocycles. The number of halogens is 1. The van der Waals surface area contributed by atoms with E-state index in [4.69, 9.17) is 34.3 Å². The molecule has 0 unspecified atom stereocenters. The van der Waals surface area contributed by atoms with Gasteiger partial charge in [-0.15, -0.1) is 0 Å². The Bertz CT molecular complexity index is 743. The summed E-state index contributed by atoms with van der Waals surface area (Å²) in [7, 11) is 3.08. The number of rotatable bonds is 3. The topological polar surface area (TPSA) is 70.1 Å². The Morgan fingerprint density at radius 1 is 1.45 bits per heavy atom. The van der Waals surface area contributed by atoms with Crippen LogP contribution in [-0.4, -0.2) is 21.9 Å². The normalized spacial score (nSPS) is 10.3. The third-order valence-electron chi connectivity index (χ3n) is 2.77. The molecule has 1 heterocycles. The molecule has 0 atom stereocenters. The van der Waals surface area contributed by atoms with Gasteiger partial charge >= 0.3 is 0 Å². The van der Waals surface area contributed by atoms with Gasteiger partial charge in [-0.05, 0) is 24.3 Å². The average molecular weight is 310 g/mol. The highest BCUT2D eigenvalue weighted by atomic mass is 35.5. The van der Waals surface area contributed by atoms with Crippen molar-refractivity contribution in [1.82, 2.24) is 9.78 Å². The van der Waals surface area contributed by atoms with Gasteiger partial charge in [-0.3, -0.25) is 4.79 Å². The number of hydrogen-bond donors (Lipinski definition) is 1. The molecule has 2 aromatic rings. The lowest BCUT2D eigenvalue weighted by Gasteiger charge is -2.10. The fourth-order valence-electron chi connectivity index (χ4n) is 1.80. The molecule has 0 saturated heterocycles. The van der Waals surface area contributed by atoms with Gasteiger partial charge in [0.05, 0.1) is 18.4 Å². The van der Waals surface area contributed by atoms with Crippen molar-refractivity contribution in [3.63, 3.8) is 0 Å². The van der Waals surface area contributed by atoms with E-state index in [9.17, 15) is 4.79 Å². The standard InChI is InChI=1S/C13H12ClN3O2S/c1-17-13(18)9(12(15)20)6-10(16-17)8-5-7(14)3-4-11(8)19-2/h3-6H,1-2H3,(H2,15,20). The molecular formula is C13H12ClN3O2S. The average Bonchev–Trinajstić information content (AvgIpc) is 2.41. The highest BCUT2D eigenvalue weighted by molar-refractivity contribution is 7.80. The molecule has 0 spiro atoms. The molecule has 2 rings (SSSR count). The van der Waals surface area contributed by atoms with E-state index in [0.717, 1.165) is 0 Å². The van der Waals surface area contributed by atoms with Crippen molar-refractivity contribution in [2.45, 2.75) is 0 Å². The molecule has 0 amide bonds. The Kier molecular flexibility index (Phi) is 4.06. The van der Waals surface area contributed by atoms with Gasteiger partial charge in [0.15, 0.2) is 0 Å². The van der Waals surface area contributed by atoms with E-state index in [2.05, 4.69) is 5.10 Å². The highest BCUT2D eigenvalue weighted by Crippen LogP contribution is 2.31. The van der Waals surface area contributed by atoms with Crippen LogP contribution in [0, 0.1) is 0 Å². The van der Waals surface area contributed by atoms with E-state index in [1.54, 1.807) is 31.4 Å². The molecule has 0 aliphatic carbocycles. The Hall–Kier alpha value is -1.92. The van der Waals surface area contributed by atoms with E-state index in [1.807, 2.05) is 0 Å². The van der Waals surface area contributed by atoms with Crippen molar-refractivity contribution in [3.05, 3.63) is 45.2 Å². The van der Waals surface area contributed by atoms with Crippen molar-refractivity contribution in [3.8, 4) is 17.0 Å². The maximum absolute atomic E-state index is 11.9. The zero-order chi connectivity index (χ0) is 14.9. The van der Waals surface area contributed by atoms with E-state index >= 15 is 0 Å². The summed E-state index contributed by atoms with van der Waals surface area (Å²) in [5.74, 6) is 0.592. The Labute approximate surface area is 125 Å². The molecule has 0 saturated carbocycles. The van der Waals surface area contributed by atoms with E-state index in [-0.39, 0.29) is 16.1 Å². The van der Waals surface area contributed by atoms with Gasteiger partial charge in [0.25, 0.3) is 5.56 Å². The van der Waals surface area contributed by atoms with Crippen molar-refractivity contribution < 1.29 is 4.74 Å². The predicted molar refractivity (Wildman–Crippen MR) is 82.4 cm³/mol. The highest BCUT2D eigenvalue weighted by Gasteiger charge is 2.13. The summed E-state index contributed by atoms with van der Waals surface area (Å²) < 4.78 is 6.46. The third-order valence-corrected chi connectivity index (χ3v) is 3.22. The first-order chi connectivity index (χ1) is 9.43. The zero-order valence-electron chi connectivity index (χ0n) is 10.9. The predicted octanol–water partition coefficient (Wildman–Crippen LogP) is 1.74. The lowest BCUT2D eigenvalue weighted by atomic mass is 10.1. The molecule has 2 N–H and O–H groups in total.